The molecule has 0 heterocycles. The van der Waals surface area contributed by atoms with Gasteiger partial charge in [0.1, 0.15) is 11.5 Å². The van der Waals surface area contributed by atoms with Crippen molar-refractivity contribution < 1.29 is 9.47 Å². The molecule has 2 atom stereocenters. The lowest BCUT2D eigenvalue weighted by Gasteiger charge is -2.20. The van der Waals surface area contributed by atoms with Gasteiger partial charge in [-0.1, -0.05) is 33.3 Å². The molecule has 20 heavy (non-hydrogen) atoms. The summed E-state index contributed by atoms with van der Waals surface area (Å²) in [7, 11) is 1.69. The highest BCUT2D eigenvalue weighted by Crippen LogP contribution is 2.30. The van der Waals surface area contributed by atoms with Crippen molar-refractivity contribution in [2.45, 2.75) is 46.6 Å². The lowest BCUT2D eigenvalue weighted by atomic mass is 10.1. The van der Waals surface area contributed by atoms with Crippen LogP contribution in [0.1, 0.15) is 52.1 Å². The molecule has 0 aliphatic heterocycles. The van der Waals surface area contributed by atoms with Crippen LogP contribution in [0.3, 0.4) is 0 Å². The minimum Gasteiger partial charge on any atom is -0.497 e. The first-order chi connectivity index (χ1) is 9.62. The van der Waals surface area contributed by atoms with Gasteiger partial charge in [-0.3, -0.25) is 0 Å². The van der Waals surface area contributed by atoms with Crippen molar-refractivity contribution in [3.63, 3.8) is 0 Å². The van der Waals surface area contributed by atoms with Crippen LogP contribution in [0, 0.1) is 5.92 Å². The van der Waals surface area contributed by atoms with Crippen molar-refractivity contribution in [3.05, 3.63) is 23.8 Å². The molecule has 1 aromatic rings. The van der Waals surface area contributed by atoms with E-state index >= 15 is 0 Å². The first-order valence-electron chi connectivity index (χ1n) is 7.66. The Morgan fingerprint density at radius 2 is 1.95 bits per heavy atom. The van der Waals surface area contributed by atoms with E-state index in [1.807, 2.05) is 12.1 Å². The molecule has 0 saturated heterocycles. The molecular weight excluding hydrogens is 250 g/mol. The van der Waals surface area contributed by atoms with Crippen molar-refractivity contribution in [2.75, 3.05) is 20.3 Å². The van der Waals surface area contributed by atoms with Crippen LogP contribution in [0.2, 0.25) is 0 Å². The largest absolute Gasteiger partial charge is 0.497 e. The summed E-state index contributed by atoms with van der Waals surface area (Å²) in [6.07, 6.45) is 2.39. The van der Waals surface area contributed by atoms with Crippen LogP contribution in [0.5, 0.6) is 11.5 Å². The molecule has 114 valence electrons. The molecule has 0 amide bonds. The van der Waals surface area contributed by atoms with Crippen molar-refractivity contribution in [2.24, 2.45) is 5.92 Å². The highest BCUT2D eigenvalue weighted by atomic mass is 16.5. The second-order valence-electron chi connectivity index (χ2n) is 5.39. The Kier molecular flexibility index (Phi) is 7.45. The van der Waals surface area contributed by atoms with E-state index in [0.717, 1.165) is 24.7 Å². The summed E-state index contributed by atoms with van der Waals surface area (Å²) in [6, 6.07) is 6.35. The molecule has 1 aromatic carbocycles. The van der Waals surface area contributed by atoms with Gasteiger partial charge in [0.15, 0.2) is 0 Å². The minimum absolute atomic E-state index is 0.280. The number of hydrogen-bond acceptors (Lipinski definition) is 3. The molecule has 0 fully saturated rings. The van der Waals surface area contributed by atoms with Crippen LogP contribution in [0.15, 0.2) is 18.2 Å². The molecule has 0 bridgehead atoms. The molecule has 0 saturated carbocycles. The number of benzene rings is 1. The quantitative estimate of drug-likeness (QED) is 0.735. The van der Waals surface area contributed by atoms with Crippen molar-refractivity contribution in [1.29, 1.82) is 0 Å². The molecule has 3 nitrogen and oxygen atoms in total. The summed E-state index contributed by atoms with van der Waals surface area (Å²) in [5, 5.41) is 3.43. The molecule has 2 unspecified atom stereocenters. The Bertz CT molecular complexity index is 393. The second-order valence-corrected chi connectivity index (χ2v) is 5.39. The molecule has 1 rings (SSSR count). The van der Waals surface area contributed by atoms with Crippen LogP contribution >= 0.6 is 0 Å². The Morgan fingerprint density at radius 1 is 1.20 bits per heavy atom. The molecule has 3 heteroatoms. The fourth-order valence-corrected chi connectivity index (χ4v) is 2.35. The van der Waals surface area contributed by atoms with E-state index in [1.54, 1.807) is 7.11 Å². The number of nitrogens with one attached hydrogen (secondary N) is 1. The van der Waals surface area contributed by atoms with Crippen LogP contribution < -0.4 is 14.8 Å². The van der Waals surface area contributed by atoms with Crippen LogP contribution in [0.4, 0.5) is 0 Å². The standard InChI is InChI=1S/C17H29NO2/c1-6-8-13(3)12-20-17-11-15(19-5)9-10-16(17)14(4)18-7-2/h9-11,13-14,18H,6-8,12H2,1-5H3. The van der Waals surface area contributed by atoms with Gasteiger partial charge in [0.2, 0.25) is 0 Å². The highest BCUT2D eigenvalue weighted by molar-refractivity contribution is 5.42. The summed E-state index contributed by atoms with van der Waals surface area (Å²) in [6.45, 7) is 10.4. The molecule has 0 radical (unpaired) electrons. The number of rotatable bonds is 9. The molecule has 0 aliphatic rings. The monoisotopic (exact) mass is 279 g/mol. The minimum atomic E-state index is 0.280. The van der Waals surface area contributed by atoms with Gasteiger partial charge >= 0.3 is 0 Å². The Labute approximate surface area is 123 Å². The smallest absolute Gasteiger partial charge is 0.127 e. The summed E-state index contributed by atoms with van der Waals surface area (Å²) < 4.78 is 11.3. The van der Waals surface area contributed by atoms with E-state index in [-0.39, 0.29) is 6.04 Å². The van der Waals surface area contributed by atoms with Gasteiger partial charge in [-0.05, 0) is 31.9 Å². The lowest BCUT2D eigenvalue weighted by Crippen LogP contribution is -2.19. The van der Waals surface area contributed by atoms with E-state index in [2.05, 4.69) is 39.1 Å². The highest BCUT2D eigenvalue weighted by Gasteiger charge is 2.13. The zero-order valence-corrected chi connectivity index (χ0v) is 13.5. The Hall–Kier alpha value is -1.22. The summed E-state index contributed by atoms with van der Waals surface area (Å²) in [5.74, 6) is 2.35. The summed E-state index contributed by atoms with van der Waals surface area (Å²) in [4.78, 5) is 0. The van der Waals surface area contributed by atoms with E-state index in [4.69, 9.17) is 9.47 Å². The SMILES string of the molecule is CCCC(C)COc1cc(OC)ccc1C(C)NCC. The number of hydrogen-bond donors (Lipinski definition) is 1. The second kappa shape index (κ2) is 8.85. The predicted octanol–water partition coefficient (Wildman–Crippen LogP) is 4.18. The zero-order chi connectivity index (χ0) is 15.0. The third-order valence-electron chi connectivity index (χ3n) is 3.50. The van der Waals surface area contributed by atoms with E-state index in [0.29, 0.717) is 5.92 Å². The fraction of sp³-hybridized carbons (Fsp3) is 0.647. The van der Waals surface area contributed by atoms with E-state index < -0.39 is 0 Å². The van der Waals surface area contributed by atoms with Crippen molar-refractivity contribution >= 4 is 0 Å². The third kappa shape index (κ3) is 5.04. The van der Waals surface area contributed by atoms with Gasteiger partial charge in [-0.2, -0.15) is 0 Å². The van der Waals surface area contributed by atoms with Gasteiger partial charge in [-0.25, -0.2) is 0 Å². The maximum absolute atomic E-state index is 6.04. The first kappa shape index (κ1) is 16.8. The topological polar surface area (TPSA) is 30.5 Å². The predicted molar refractivity (Wildman–Crippen MR) is 84.7 cm³/mol. The lowest BCUT2D eigenvalue weighted by molar-refractivity contribution is 0.246. The summed E-state index contributed by atoms with van der Waals surface area (Å²) >= 11 is 0. The number of ether oxygens (including phenoxy) is 2. The van der Waals surface area contributed by atoms with Gasteiger partial charge < -0.3 is 14.8 Å². The molecule has 1 N–H and O–H groups in total. The molecular formula is C17H29NO2. The Balaban J connectivity index is 2.83. The van der Waals surface area contributed by atoms with Crippen molar-refractivity contribution in [1.82, 2.24) is 5.32 Å². The maximum Gasteiger partial charge on any atom is 0.127 e. The average molecular weight is 279 g/mol. The van der Waals surface area contributed by atoms with Crippen molar-refractivity contribution in [3.8, 4) is 11.5 Å². The first-order valence-corrected chi connectivity index (χ1v) is 7.66. The Morgan fingerprint density at radius 3 is 2.55 bits per heavy atom. The van der Waals surface area contributed by atoms with Crippen LogP contribution in [0.25, 0.3) is 0 Å². The maximum atomic E-state index is 6.04. The molecule has 0 spiro atoms. The van der Waals surface area contributed by atoms with Crippen LogP contribution in [-0.4, -0.2) is 20.3 Å². The fourth-order valence-electron chi connectivity index (χ4n) is 2.35. The van der Waals surface area contributed by atoms with Gasteiger partial charge in [0, 0.05) is 17.7 Å². The van der Waals surface area contributed by atoms with Crippen LogP contribution in [-0.2, 0) is 0 Å². The molecule has 0 aliphatic carbocycles. The molecule has 0 aromatic heterocycles. The normalized spacial score (nSPS) is 13.8. The van der Waals surface area contributed by atoms with E-state index in [1.165, 1.54) is 18.4 Å². The van der Waals surface area contributed by atoms with Gasteiger partial charge in [0.05, 0.1) is 13.7 Å². The van der Waals surface area contributed by atoms with Gasteiger partial charge in [-0.15, -0.1) is 0 Å². The van der Waals surface area contributed by atoms with Gasteiger partial charge in [0.25, 0.3) is 0 Å². The average Bonchev–Trinajstić information content (AvgIpc) is 2.45. The zero-order valence-electron chi connectivity index (χ0n) is 13.5. The number of methoxy groups -OCH3 is 1. The van der Waals surface area contributed by atoms with E-state index in [9.17, 15) is 0 Å². The summed E-state index contributed by atoms with van der Waals surface area (Å²) in [5.41, 5.74) is 1.19. The third-order valence-corrected chi connectivity index (χ3v) is 3.50.